The summed E-state index contributed by atoms with van der Waals surface area (Å²) in [5.74, 6) is 1.70. The summed E-state index contributed by atoms with van der Waals surface area (Å²) in [4.78, 5) is 5.05. The van der Waals surface area contributed by atoms with Gasteiger partial charge < -0.3 is 9.26 Å². The second-order valence-corrected chi connectivity index (χ2v) is 7.59. The van der Waals surface area contributed by atoms with Crippen molar-refractivity contribution in [2.75, 3.05) is 39.3 Å². The minimum atomic E-state index is 0.500. The van der Waals surface area contributed by atoms with Crippen molar-refractivity contribution in [1.82, 2.24) is 15.0 Å². The summed E-state index contributed by atoms with van der Waals surface area (Å²) in [6, 6.07) is 0. The van der Waals surface area contributed by atoms with Crippen LogP contribution in [0.2, 0.25) is 0 Å². The Labute approximate surface area is 146 Å². The Morgan fingerprint density at radius 2 is 1.79 bits per heavy atom. The molecule has 1 aromatic heterocycles. The number of nitrogens with zero attached hydrogens (tertiary/aromatic N) is 3. The predicted molar refractivity (Wildman–Crippen MR) is 95.1 cm³/mol. The van der Waals surface area contributed by atoms with Gasteiger partial charge in [-0.2, -0.15) is 0 Å². The highest BCUT2D eigenvalue weighted by Crippen LogP contribution is 2.26. The van der Waals surface area contributed by atoms with Gasteiger partial charge in [0.25, 0.3) is 0 Å². The summed E-state index contributed by atoms with van der Waals surface area (Å²) >= 11 is 0. The van der Waals surface area contributed by atoms with Crippen LogP contribution < -0.4 is 0 Å². The molecule has 5 heteroatoms. The molecule has 3 rings (SSSR count). The highest BCUT2D eigenvalue weighted by Gasteiger charge is 2.23. The van der Waals surface area contributed by atoms with Gasteiger partial charge in [-0.25, -0.2) is 0 Å². The summed E-state index contributed by atoms with van der Waals surface area (Å²) in [7, 11) is 0. The van der Waals surface area contributed by atoms with Gasteiger partial charge in [0.2, 0.25) is 0 Å². The molecule has 2 fully saturated rings. The van der Waals surface area contributed by atoms with E-state index in [9.17, 15) is 0 Å². The van der Waals surface area contributed by atoms with Gasteiger partial charge in [-0.1, -0.05) is 24.9 Å². The first-order chi connectivity index (χ1) is 11.6. The van der Waals surface area contributed by atoms with Gasteiger partial charge in [0.1, 0.15) is 5.76 Å². The number of hydrogen-bond donors (Lipinski definition) is 0. The zero-order valence-electron chi connectivity index (χ0n) is 15.6. The number of aryl methyl sites for hydroxylation is 2. The molecule has 0 aromatic carbocycles. The molecule has 0 radical (unpaired) electrons. The summed E-state index contributed by atoms with van der Waals surface area (Å²) in [5, 5.41) is 4.06. The fraction of sp³-hybridized carbons (Fsp3) is 0.842. The van der Waals surface area contributed by atoms with Gasteiger partial charge in [0, 0.05) is 44.8 Å². The molecule has 2 heterocycles. The molecule has 0 unspecified atom stereocenters. The van der Waals surface area contributed by atoms with Crippen LogP contribution in [0.25, 0.3) is 0 Å². The summed E-state index contributed by atoms with van der Waals surface area (Å²) < 4.78 is 11.4. The normalized spacial score (nSPS) is 26.8. The topological polar surface area (TPSA) is 41.7 Å². The average molecular weight is 335 g/mol. The molecular weight excluding hydrogens is 302 g/mol. The third kappa shape index (κ3) is 4.58. The summed E-state index contributed by atoms with van der Waals surface area (Å²) in [6.45, 7) is 13.8. The molecule has 0 amide bonds. The molecule has 1 aliphatic heterocycles. The van der Waals surface area contributed by atoms with Crippen molar-refractivity contribution in [3.05, 3.63) is 17.0 Å². The Kier molecular flexibility index (Phi) is 6.31. The smallest absolute Gasteiger partial charge is 0.138 e. The van der Waals surface area contributed by atoms with Crippen LogP contribution in [0.15, 0.2) is 4.52 Å². The molecule has 0 bridgehead atoms. The number of aromatic nitrogens is 1. The van der Waals surface area contributed by atoms with Crippen molar-refractivity contribution in [3.8, 4) is 0 Å². The second kappa shape index (κ2) is 8.45. The summed E-state index contributed by atoms with van der Waals surface area (Å²) in [5.41, 5.74) is 2.29. The minimum Gasteiger partial charge on any atom is -0.377 e. The van der Waals surface area contributed by atoms with Crippen LogP contribution in [0.1, 0.15) is 49.6 Å². The van der Waals surface area contributed by atoms with Crippen LogP contribution >= 0.6 is 0 Å². The SMILES string of the molecule is Cc1noc(C)c1CN1CCN(CCO[C@@H]2CCCC[C@@H]2C)CC1. The Balaban J connectivity index is 1.35. The van der Waals surface area contributed by atoms with E-state index in [4.69, 9.17) is 9.26 Å². The predicted octanol–water partition coefficient (Wildman–Crippen LogP) is 3.00. The molecule has 0 N–H and O–H groups in total. The highest BCUT2D eigenvalue weighted by molar-refractivity contribution is 5.20. The van der Waals surface area contributed by atoms with Crippen LogP contribution in [0, 0.1) is 19.8 Å². The van der Waals surface area contributed by atoms with Crippen LogP contribution in [-0.2, 0) is 11.3 Å². The third-order valence-electron chi connectivity index (χ3n) is 5.80. The van der Waals surface area contributed by atoms with Crippen LogP contribution in [0.5, 0.6) is 0 Å². The van der Waals surface area contributed by atoms with E-state index in [1.165, 1.54) is 31.2 Å². The van der Waals surface area contributed by atoms with Gasteiger partial charge in [-0.15, -0.1) is 0 Å². The van der Waals surface area contributed by atoms with Gasteiger partial charge >= 0.3 is 0 Å². The van der Waals surface area contributed by atoms with E-state index in [1.807, 2.05) is 13.8 Å². The molecular formula is C19H33N3O2. The first kappa shape index (κ1) is 17.9. The molecule has 1 aliphatic carbocycles. The monoisotopic (exact) mass is 335 g/mol. The maximum Gasteiger partial charge on any atom is 0.138 e. The highest BCUT2D eigenvalue weighted by atomic mass is 16.5. The van der Waals surface area contributed by atoms with Crippen molar-refractivity contribution in [3.63, 3.8) is 0 Å². The third-order valence-corrected chi connectivity index (χ3v) is 5.80. The fourth-order valence-electron chi connectivity index (χ4n) is 3.99. The van der Waals surface area contributed by atoms with Gasteiger partial charge in [-0.05, 0) is 32.6 Å². The van der Waals surface area contributed by atoms with Crippen molar-refractivity contribution in [2.24, 2.45) is 5.92 Å². The molecule has 1 aromatic rings. The van der Waals surface area contributed by atoms with E-state index in [2.05, 4.69) is 21.9 Å². The standard InChI is InChI=1S/C19H33N3O2/c1-15-6-4-5-7-19(15)23-13-12-21-8-10-22(11-9-21)14-18-16(2)20-24-17(18)3/h15,19H,4-14H2,1-3H3/t15-,19+/m0/s1. The molecule has 1 saturated carbocycles. The maximum absolute atomic E-state index is 6.17. The van der Waals surface area contributed by atoms with Crippen LogP contribution in [-0.4, -0.2) is 60.4 Å². The number of ether oxygens (including phenoxy) is 1. The molecule has 24 heavy (non-hydrogen) atoms. The van der Waals surface area contributed by atoms with E-state index >= 15 is 0 Å². The average Bonchev–Trinajstić information content (AvgIpc) is 2.90. The molecule has 0 spiro atoms. The van der Waals surface area contributed by atoms with Crippen molar-refractivity contribution in [1.29, 1.82) is 0 Å². The number of piperazine rings is 1. The molecule has 5 nitrogen and oxygen atoms in total. The lowest BCUT2D eigenvalue weighted by molar-refractivity contribution is -0.0182. The first-order valence-corrected chi connectivity index (χ1v) is 9.61. The van der Waals surface area contributed by atoms with Gasteiger partial charge in [0.05, 0.1) is 18.4 Å². The Hall–Kier alpha value is -0.910. The quantitative estimate of drug-likeness (QED) is 0.799. The van der Waals surface area contributed by atoms with E-state index in [1.54, 1.807) is 0 Å². The van der Waals surface area contributed by atoms with Gasteiger partial charge in [-0.3, -0.25) is 9.80 Å². The summed E-state index contributed by atoms with van der Waals surface area (Å²) in [6.07, 6.45) is 5.82. The maximum atomic E-state index is 6.17. The first-order valence-electron chi connectivity index (χ1n) is 9.61. The van der Waals surface area contributed by atoms with Crippen LogP contribution in [0.4, 0.5) is 0 Å². The Morgan fingerprint density at radius 3 is 2.46 bits per heavy atom. The lowest BCUT2D eigenvalue weighted by atomic mass is 9.88. The lowest BCUT2D eigenvalue weighted by Gasteiger charge is -2.35. The zero-order valence-corrected chi connectivity index (χ0v) is 15.6. The van der Waals surface area contributed by atoms with E-state index < -0.39 is 0 Å². The fourth-order valence-corrected chi connectivity index (χ4v) is 3.99. The molecule has 2 atom stereocenters. The van der Waals surface area contributed by atoms with Crippen LogP contribution in [0.3, 0.4) is 0 Å². The van der Waals surface area contributed by atoms with E-state index in [0.29, 0.717) is 6.10 Å². The van der Waals surface area contributed by atoms with Crippen molar-refractivity contribution >= 4 is 0 Å². The Morgan fingerprint density at radius 1 is 1.08 bits per heavy atom. The lowest BCUT2D eigenvalue weighted by Crippen LogP contribution is -2.47. The second-order valence-electron chi connectivity index (χ2n) is 7.59. The van der Waals surface area contributed by atoms with Gasteiger partial charge in [0.15, 0.2) is 0 Å². The van der Waals surface area contributed by atoms with Crippen molar-refractivity contribution < 1.29 is 9.26 Å². The van der Waals surface area contributed by atoms with E-state index in [0.717, 1.165) is 63.2 Å². The largest absolute Gasteiger partial charge is 0.377 e. The Bertz CT molecular complexity index is 489. The number of rotatable bonds is 6. The van der Waals surface area contributed by atoms with E-state index in [-0.39, 0.29) is 0 Å². The molecule has 136 valence electrons. The minimum absolute atomic E-state index is 0.500. The van der Waals surface area contributed by atoms with Crippen molar-refractivity contribution in [2.45, 2.75) is 59.1 Å². The molecule has 2 aliphatic rings. The molecule has 1 saturated heterocycles. The zero-order chi connectivity index (χ0) is 16.9. The number of hydrogen-bond acceptors (Lipinski definition) is 5.